The van der Waals surface area contributed by atoms with Crippen LogP contribution in [0.2, 0.25) is 0 Å². The van der Waals surface area contributed by atoms with Crippen molar-refractivity contribution in [3.05, 3.63) is 0 Å². The first-order valence-corrected chi connectivity index (χ1v) is 7.68. The molecule has 0 bridgehead atoms. The molecule has 2 saturated carbocycles. The Morgan fingerprint density at radius 2 is 1.89 bits per heavy atom. The quantitative estimate of drug-likeness (QED) is 0.720. The second kappa shape index (κ2) is 6.71. The number of esters is 1. The van der Waals surface area contributed by atoms with E-state index in [1.54, 1.807) is 0 Å². The first-order chi connectivity index (χ1) is 9.23. The molecule has 0 heterocycles. The van der Waals surface area contributed by atoms with Crippen LogP contribution in [0.15, 0.2) is 0 Å². The van der Waals surface area contributed by atoms with Crippen molar-refractivity contribution in [2.45, 2.75) is 63.5 Å². The first-order valence-electron chi connectivity index (χ1n) is 7.68. The number of methoxy groups -OCH3 is 1. The standard InChI is InChI=1S/C15H27NO3/c1-3-16-15(12-9-10-12,14(17)18-2)11-19-13-7-5-4-6-8-13/h12-13,16H,3-11H2,1-2H3. The van der Waals surface area contributed by atoms with E-state index in [1.165, 1.54) is 26.4 Å². The minimum atomic E-state index is -0.610. The Morgan fingerprint density at radius 3 is 2.42 bits per heavy atom. The maximum Gasteiger partial charge on any atom is 0.328 e. The van der Waals surface area contributed by atoms with Crippen molar-refractivity contribution in [3.8, 4) is 0 Å². The SMILES string of the molecule is CCNC(COC1CCCCC1)(C(=O)OC)C1CC1. The van der Waals surface area contributed by atoms with Crippen LogP contribution in [-0.4, -0.2) is 37.9 Å². The van der Waals surface area contributed by atoms with E-state index in [4.69, 9.17) is 9.47 Å². The number of hydrogen-bond acceptors (Lipinski definition) is 4. The van der Waals surface area contributed by atoms with E-state index in [9.17, 15) is 4.79 Å². The third kappa shape index (κ3) is 3.48. The maximum absolute atomic E-state index is 12.2. The Hall–Kier alpha value is -0.610. The lowest BCUT2D eigenvalue weighted by Gasteiger charge is -2.34. The second-order valence-electron chi connectivity index (χ2n) is 5.84. The molecule has 19 heavy (non-hydrogen) atoms. The largest absolute Gasteiger partial charge is 0.468 e. The number of carbonyl (C=O) groups is 1. The van der Waals surface area contributed by atoms with Crippen molar-refractivity contribution in [1.29, 1.82) is 0 Å². The Morgan fingerprint density at radius 1 is 1.21 bits per heavy atom. The number of hydrogen-bond donors (Lipinski definition) is 1. The highest BCUT2D eigenvalue weighted by Crippen LogP contribution is 2.41. The molecule has 1 atom stereocenters. The van der Waals surface area contributed by atoms with Crippen LogP contribution >= 0.6 is 0 Å². The lowest BCUT2D eigenvalue weighted by molar-refractivity contribution is -0.154. The van der Waals surface area contributed by atoms with Gasteiger partial charge in [-0.2, -0.15) is 0 Å². The zero-order valence-electron chi connectivity index (χ0n) is 12.2. The van der Waals surface area contributed by atoms with Crippen LogP contribution in [0.4, 0.5) is 0 Å². The highest BCUT2D eigenvalue weighted by Gasteiger charge is 2.52. The summed E-state index contributed by atoms with van der Waals surface area (Å²) in [5.41, 5.74) is -0.610. The molecular formula is C15H27NO3. The molecule has 2 rings (SSSR count). The molecule has 110 valence electrons. The van der Waals surface area contributed by atoms with Gasteiger partial charge in [-0.25, -0.2) is 4.79 Å². The van der Waals surface area contributed by atoms with Gasteiger partial charge in [-0.15, -0.1) is 0 Å². The molecule has 0 aromatic rings. The van der Waals surface area contributed by atoms with Crippen molar-refractivity contribution in [1.82, 2.24) is 5.32 Å². The van der Waals surface area contributed by atoms with Crippen LogP contribution < -0.4 is 5.32 Å². The van der Waals surface area contributed by atoms with Gasteiger partial charge in [0, 0.05) is 0 Å². The van der Waals surface area contributed by atoms with E-state index in [0.29, 0.717) is 18.6 Å². The monoisotopic (exact) mass is 269 g/mol. The molecule has 2 fully saturated rings. The van der Waals surface area contributed by atoms with Crippen molar-refractivity contribution < 1.29 is 14.3 Å². The molecule has 0 aromatic carbocycles. The van der Waals surface area contributed by atoms with Crippen molar-refractivity contribution in [2.24, 2.45) is 5.92 Å². The van der Waals surface area contributed by atoms with E-state index in [1.807, 2.05) is 6.92 Å². The number of carbonyl (C=O) groups excluding carboxylic acids is 1. The molecule has 1 unspecified atom stereocenters. The molecule has 1 N–H and O–H groups in total. The molecule has 0 spiro atoms. The third-order valence-corrected chi connectivity index (χ3v) is 4.42. The van der Waals surface area contributed by atoms with Gasteiger partial charge in [-0.3, -0.25) is 5.32 Å². The van der Waals surface area contributed by atoms with Crippen LogP contribution in [0.5, 0.6) is 0 Å². The second-order valence-corrected chi connectivity index (χ2v) is 5.84. The van der Waals surface area contributed by atoms with Crippen LogP contribution in [0.25, 0.3) is 0 Å². The summed E-state index contributed by atoms with van der Waals surface area (Å²) in [6.45, 7) is 3.25. The summed E-state index contributed by atoms with van der Waals surface area (Å²) >= 11 is 0. The van der Waals surface area contributed by atoms with Crippen LogP contribution in [0.3, 0.4) is 0 Å². The van der Waals surface area contributed by atoms with Gasteiger partial charge in [0.1, 0.15) is 5.54 Å². The first kappa shape index (κ1) is 14.8. The summed E-state index contributed by atoms with van der Waals surface area (Å²) < 4.78 is 11.1. The lowest BCUT2D eigenvalue weighted by Crippen LogP contribution is -2.58. The highest BCUT2D eigenvalue weighted by atomic mass is 16.5. The summed E-state index contributed by atoms with van der Waals surface area (Å²) in [6.07, 6.45) is 8.60. The third-order valence-electron chi connectivity index (χ3n) is 4.42. The maximum atomic E-state index is 12.2. The molecule has 2 aliphatic rings. The van der Waals surface area contributed by atoms with Gasteiger partial charge in [0.2, 0.25) is 0 Å². The van der Waals surface area contributed by atoms with E-state index < -0.39 is 5.54 Å². The predicted molar refractivity (Wildman–Crippen MR) is 74.0 cm³/mol. The van der Waals surface area contributed by atoms with Gasteiger partial charge >= 0.3 is 5.97 Å². The fourth-order valence-corrected chi connectivity index (χ4v) is 3.17. The fourth-order valence-electron chi connectivity index (χ4n) is 3.17. The minimum absolute atomic E-state index is 0.160. The fraction of sp³-hybridized carbons (Fsp3) is 0.933. The Bertz CT molecular complexity index is 298. The molecular weight excluding hydrogens is 242 g/mol. The van der Waals surface area contributed by atoms with Crippen molar-refractivity contribution >= 4 is 5.97 Å². The summed E-state index contributed by atoms with van der Waals surface area (Å²) in [7, 11) is 1.47. The Balaban J connectivity index is 1.97. The highest BCUT2D eigenvalue weighted by molar-refractivity contribution is 5.82. The molecule has 0 aliphatic heterocycles. The van der Waals surface area contributed by atoms with E-state index in [0.717, 1.165) is 32.2 Å². The zero-order chi connectivity index (χ0) is 13.7. The van der Waals surface area contributed by atoms with E-state index in [-0.39, 0.29) is 5.97 Å². The summed E-state index contributed by atoms with van der Waals surface area (Å²) in [5.74, 6) is 0.219. The average Bonchev–Trinajstić information content (AvgIpc) is 3.28. The summed E-state index contributed by atoms with van der Waals surface area (Å²) in [4.78, 5) is 12.2. The number of rotatable bonds is 7. The molecule has 4 nitrogen and oxygen atoms in total. The van der Waals surface area contributed by atoms with E-state index in [2.05, 4.69) is 5.32 Å². The molecule has 2 aliphatic carbocycles. The molecule has 0 aromatic heterocycles. The average molecular weight is 269 g/mol. The number of ether oxygens (including phenoxy) is 2. The topological polar surface area (TPSA) is 47.6 Å². The molecule has 4 heteroatoms. The predicted octanol–water partition coefficient (Wildman–Crippen LogP) is 2.27. The number of nitrogens with one attached hydrogen (secondary N) is 1. The van der Waals surface area contributed by atoms with Gasteiger partial charge in [-0.1, -0.05) is 26.2 Å². The van der Waals surface area contributed by atoms with Crippen LogP contribution in [0.1, 0.15) is 51.9 Å². The summed E-state index contributed by atoms with van der Waals surface area (Å²) in [5, 5.41) is 3.35. The molecule has 0 radical (unpaired) electrons. The summed E-state index contributed by atoms with van der Waals surface area (Å²) in [6, 6.07) is 0. The normalized spacial score (nSPS) is 23.9. The van der Waals surface area contributed by atoms with Gasteiger partial charge in [0.05, 0.1) is 19.8 Å². The van der Waals surface area contributed by atoms with Crippen molar-refractivity contribution in [3.63, 3.8) is 0 Å². The zero-order valence-corrected chi connectivity index (χ0v) is 12.2. The Kier molecular flexibility index (Phi) is 5.22. The molecule has 0 amide bonds. The van der Waals surface area contributed by atoms with Gasteiger partial charge < -0.3 is 9.47 Å². The van der Waals surface area contributed by atoms with Crippen LogP contribution in [-0.2, 0) is 14.3 Å². The Labute approximate surface area is 116 Å². The smallest absolute Gasteiger partial charge is 0.328 e. The van der Waals surface area contributed by atoms with Crippen molar-refractivity contribution in [2.75, 3.05) is 20.3 Å². The minimum Gasteiger partial charge on any atom is -0.468 e. The van der Waals surface area contributed by atoms with Gasteiger partial charge in [0.15, 0.2) is 0 Å². The molecule has 0 saturated heterocycles. The van der Waals surface area contributed by atoms with Gasteiger partial charge in [-0.05, 0) is 38.1 Å². The van der Waals surface area contributed by atoms with Gasteiger partial charge in [0.25, 0.3) is 0 Å². The van der Waals surface area contributed by atoms with E-state index >= 15 is 0 Å². The lowest BCUT2D eigenvalue weighted by atomic mass is 9.93. The number of likely N-dealkylation sites (N-methyl/N-ethyl adjacent to an activating group) is 1. The van der Waals surface area contributed by atoms with Crippen LogP contribution in [0, 0.1) is 5.92 Å².